The Balaban J connectivity index is 1.19. The molecule has 7 nitrogen and oxygen atoms in total. The highest BCUT2D eigenvalue weighted by Gasteiger charge is 2.30. The number of halogens is 1. The minimum absolute atomic E-state index is 0.0666. The van der Waals surface area contributed by atoms with Gasteiger partial charge in [-0.15, -0.1) is 0 Å². The second-order valence-corrected chi connectivity index (χ2v) is 11.2. The zero-order valence-corrected chi connectivity index (χ0v) is 21.2. The molecule has 0 spiro atoms. The van der Waals surface area contributed by atoms with Crippen molar-refractivity contribution < 1.29 is 22.0 Å². The van der Waals surface area contributed by atoms with Crippen LogP contribution in [0, 0.1) is 11.7 Å². The highest BCUT2D eigenvalue weighted by atomic mass is 32.2. The molecular weight excluding hydrogens is 493 g/mol. The number of hydrogen-bond acceptors (Lipinski definition) is 5. The lowest BCUT2D eigenvalue weighted by molar-refractivity contribution is -0.126. The third-order valence-corrected chi connectivity index (χ3v) is 8.36. The van der Waals surface area contributed by atoms with Crippen LogP contribution in [0.2, 0.25) is 0 Å². The van der Waals surface area contributed by atoms with Gasteiger partial charge >= 0.3 is 0 Å². The molecule has 0 aliphatic heterocycles. The molecule has 4 aromatic rings. The smallest absolute Gasteiger partial charge is 0.240 e. The van der Waals surface area contributed by atoms with Crippen LogP contribution in [-0.2, 0) is 14.8 Å². The van der Waals surface area contributed by atoms with Gasteiger partial charge in [0, 0.05) is 23.6 Å². The molecule has 1 saturated carbocycles. The van der Waals surface area contributed by atoms with Gasteiger partial charge in [-0.2, -0.15) is 0 Å². The first-order valence-electron chi connectivity index (χ1n) is 12.3. The maximum Gasteiger partial charge on any atom is 0.240 e. The first-order valence-corrected chi connectivity index (χ1v) is 13.8. The molecule has 1 aliphatic carbocycles. The molecule has 37 heavy (non-hydrogen) atoms. The summed E-state index contributed by atoms with van der Waals surface area (Å²) in [5, 5.41) is 2.99. The van der Waals surface area contributed by atoms with Crippen molar-refractivity contribution in [2.24, 2.45) is 5.92 Å². The van der Waals surface area contributed by atoms with E-state index in [-0.39, 0.29) is 34.6 Å². The van der Waals surface area contributed by atoms with Gasteiger partial charge in [-0.1, -0.05) is 30.3 Å². The van der Waals surface area contributed by atoms with Crippen molar-refractivity contribution in [3.63, 3.8) is 0 Å². The maximum absolute atomic E-state index is 13.2. The third kappa shape index (κ3) is 5.73. The number of amides is 1. The molecule has 1 aliphatic rings. The highest BCUT2D eigenvalue weighted by molar-refractivity contribution is 7.89. The number of sulfonamides is 1. The molecular formula is C28H28FN3O4S. The molecule has 0 radical (unpaired) electrons. The van der Waals surface area contributed by atoms with E-state index in [2.05, 4.69) is 15.0 Å². The first-order chi connectivity index (χ1) is 17.8. The van der Waals surface area contributed by atoms with Gasteiger partial charge in [0.05, 0.1) is 10.9 Å². The Morgan fingerprint density at radius 1 is 1.00 bits per heavy atom. The Hall–Kier alpha value is -3.56. The van der Waals surface area contributed by atoms with E-state index in [0.717, 1.165) is 11.1 Å². The van der Waals surface area contributed by atoms with E-state index in [1.807, 2.05) is 37.3 Å². The molecule has 0 saturated heterocycles. The molecule has 0 bridgehead atoms. The van der Waals surface area contributed by atoms with Gasteiger partial charge in [0.1, 0.15) is 11.3 Å². The number of aromatic nitrogens is 1. The molecule has 1 amide bonds. The summed E-state index contributed by atoms with van der Waals surface area (Å²) in [7, 11) is -3.77. The van der Waals surface area contributed by atoms with Gasteiger partial charge in [-0.3, -0.25) is 4.79 Å². The number of carbonyl (C=O) groups excluding carboxylic acids is 1. The lowest BCUT2D eigenvalue weighted by atomic mass is 9.85. The van der Waals surface area contributed by atoms with Crippen LogP contribution >= 0.6 is 0 Å². The standard InChI is InChI=1S/C28H28FN3O4S/c1-18(19-7-11-22(29)12-8-19)30-27(33)20-9-13-23(14-10-20)32-37(34,35)24-15-16-25-26(17-24)36-28(31-25)21-5-3-2-4-6-21/h2-8,11-12,15-18,20,23,32H,9-10,13-14H2,1H3,(H,30,33). The van der Waals surface area contributed by atoms with Gasteiger partial charge in [0.2, 0.25) is 21.8 Å². The zero-order valence-electron chi connectivity index (χ0n) is 20.4. The van der Waals surface area contributed by atoms with E-state index in [1.165, 1.54) is 24.3 Å². The van der Waals surface area contributed by atoms with Crippen LogP contribution in [0.1, 0.15) is 44.2 Å². The van der Waals surface area contributed by atoms with Crippen molar-refractivity contribution in [3.05, 3.63) is 84.2 Å². The number of nitrogens with one attached hydrogen (secondary N) is 2. The van der Waals surface area contributed by atoms with Crippen molar-refractivity contribution >= 4 is 27.0 Å². The molecule has 1 heterocycles. The fourth-order valence-corrected chi connectivity index (χ4v) is 6.02. The number of benzene rings is 3. The van der Waals surface area contributed by atoms with Crippen molar-refractivity contribution in [3.8, 4) is 11.5 Å². The Kier molecular flexibility index (Phi) is 7.08. The summed E-state index contributed by atoms with van der Waals surface area (Å²) in [5.74, 6) is -0.141. The van der Waals surface area contributed by atoms with Crippen molar-refractivity contribution in [1.82, 2.24) is 15.0 Å². The molecule has 192 valence electrons. The largest absolute Gasteiger partial charge is 0.436 e. The number of rotatable bonds is 7. The first kappa shape index (κ1) is 25.1. The van der Waals surface area contributed by atoms with E-state index in [9.17, 15) is 17.6 Å². The Bertz CT molecular complexity index is 1500. The van der Waals surface area contributed by atoms with E-state index in [1.54, 1.807) is 18.2 Å². The second kappa shape index (κ2) is 10.4. The van der Waals surface area contributed by atoms with Crippen LogP contribution in [0.15, 0.2) is 82.1 Å². The minimum Gasteiger partial charge on any atom is -0.436 e. The van der Waals surface area contributed by atoms with E-state index >= 15 is 0 Å². The van der Waals surface area contributed by atoms with Crippen LogP contribution < -0.4 is 10.0 Å². The second-order valence-electron chi connectivity index (χ2n) is 9.47. The van der Waals surface area contributed by atoms with Crippen molar-refractivity contribution in [1.29, 1.82) is 0 Å². The predicted molar refractivity (Wildman–Crippen MR) is 138 cm³/mol. The van der Waals surface area contributed by atoms with Gasteiger partial charge in [-0.25, -0.2) is 22.5 Å². The highest BCUT2D eigenvalue weighted by Crippen LogP contribution is 2.29. The molecule has 1 aromatic heterocycles. The maximum atomic E-state index is 13.2. The lowest BCUT2D eigenvalue weighted by Crippen LogP contribution is -2.41. The molecule has 2 N–H and O–H groups in total. The van der Waals surface area contributed by atoms with E-state index in [0.29, 0.717) is 42.7 Å². The molecule has 1 atom stereocenters. The summed E-state index contributed by atoms with van der Waals surface area (Å²) in [5.41, 5.74) is 2.63. The van der Waals surface area contributed by atoms with Crippen LogP contribution in [0.25, 0.3) is 22.6 Å². The van der Waals surface area contributed by atoms with Gasteiger partial charge in [0.15, 0.2) is 5.58 Å². The number of hydrogen-bond donors (Lipinski definition) is 2. The quantitative estimate of drug-likeness (QED) is 0.342. The minimum atomic E-state index is -3.77. The SMILES string of the molecule is CC(NC(=O)C1CCC(NS(=O)(=O)c2ccc3nc(-c4ccccc4)oc3c2)CC1)c1ccc(F)cc1. The topological polar surface area (TPSA) is 101 Å². The average Bonchev–Trinajstić information content (AvgIpc) is 3.33. The summed E-state index contributed by atoms with van der Waals surface area (Å²) in [6, 6.07) is 19.7. The Labute approximate surface area is 215 Å². The predicted octanol–water partition coefficient (Wildman–Crippen LogP) is 5.35. The number of nitrogens with zero attached hydrogens (tertiary/aromatic N) is 1. The van der Waals surface area contributed by atoms with Gasteiger partial charge in [0.25, 0.3) is 0 Å². The number of fused-ring (bicyclic) bond motifs is 1. The zero-order chi connectivity index (χ0) is 26.0. The number of carbonyl (C=O) groups is 1. The van der Waals surface area contributed by atoms with Crippen molar-refractivity contribution in [2.75, 3.05) is 0 Å². The van der Waals surface area contributed by atoms with Gasteiger partial charge < -0.3 is 9.73 Å². The molecule has 1 unspecified atom stereocenters. The average molecular weight is 522 g/mol. The molecule has 1 fully saturated rings. The van der Waals surface area contributed by atoms with Gasteiger partial charge in [-0.05, 0) is 74.6 Å². The van der Waals surface area contributed by atoms with E-state index < -0.39 is 10.0 Å². The van der Waals surface area contributed by atoms with Crippen LogP contribution in [-0.4, -0.2) is 25.4 Å². The van der Waals surface area contributed by atoms with Crippen LogP contribution in [0.4, 0.5) is 4.39 Å². The summed E-state index contributed by atoms with van der Waals surface area (Å²) >= 11 is 0. The fourth-order valence-electron chi connectivity index (χ4n) is 4.70. The monoisotopic (exact) mass is 521 g/mol. The van der Waals surface area contributed by atoms with E-state index in [4.69, 9.17) is 4.42 Å². The molecule has 9 heteroatoms. The van der Waals surface area contributed by atoms with Crippen LogP contribution in [0.3, 0.4) is 0 Å². The summed E-state index contributed by atoms with van der Waals surface area (Å²) in [4.78, 5) is 17.3. The normalized spacial score (nSPS) is 19.0. The molecule has 3 aromatic carbocycles. The summed E-state index contributed by atoms with van der Waals surface area (Å²) in [6.45, 7) is 1.86. The van der Waals surface area contributed by atoms with Crippen molar-refractivity contribution in [2.45, 2.75) is 49.6 Å². The fraction of sp³-hybridized carbons (Fsp3) is 0.286. The Morgan fingerprint density at radius 2 is 1.70 bits per heavy atom. The summed E-state index contributed by atoms with van der Waals surface area (Å²) < 4.78 is 47.9. The Morgan fingerprint density at radius 3 is 2.41 bits per heavy atom. The lowest BCUT2D eigenvalue weighted by Gasteiger charge is -2.29. The summed E-state index contributed by atoms with van der Waals surface area (Å²) in [6.07, 6.45) is 2.28. The molecule has 5 rings (SSSR count). The number of oxazole rings is 1. The van der Waals surface area contributed by atoms with Crippen LogP contribution in [0.5, 0.6) is 0 Å². The third-order valence-electron chi connectivity index (χ3n) is 6.84.